The molecule has 0 spiro atoms. The van der Waals surface area contributed by atoms with Crippen LogP contribution in [0.3, 0.4) is 0 Å². The molecule has 2 aliphatic heterocycles. The highest BCUT2D eigenvalue weighted by molar-refractivity contribution is 9.10. The number of aromatic nitrogens is 2. The SMILES string of the molecule is Brc1ccc2oc3ccc(-n4c5ccccc5c5ccccc54)cc3c2c1.CC(C)OB1OC(C)(C)C(C)(C)O1.CC1(C)OB(c2ccc3oc4ccc(-n5c6ccccc6c6ccccc65)cc4c3c2)OC1(C)C. The van der Waals surface area contributed by atoms with E-state index in [-0.39, 0.29) is 28.5 Å². The number of halogens is 1. The molecule has 8 aromatic carbocycles. The first-order chi connectivity index (χ1) is 35.9. The first-order valence-electron chi connectivity index (χ1n) is 25.8. The molecule has 2 aliphatic rings. The first-order valence-corrected chi connectivity index (χ1v) is 26.6. The fourth-order valence-corrected chi connectivity index (χ4v) is 10.8. The number of rotatable bonds is 5. The highest BCUT2D eigenvalue weighted by atomic mass is 79.9. The fourth-order valence-electron chi connectivity index (χ4n) is 10.4. The van der Waals surface area contributed by atoms with E-state index in [4.69, 9.17) is 32.1 Å². The number of hydrogen-bond acceptors (Lipinski definition) is 7. The summed E-state index contributed by atoms with van der Waals surface area (Å²) in [6, 6.07) is 59.5. The number of fused-ring (bicyclic) bond motifs is 12. The molecule has 2 saturated heterocycles. The maximum Gasteiger partial charge on any atom is 0.640 e. The van der Waals surface area contributed by atoms with Crippen molar-refractivity contribution in [3.05, 3.63) is 174 Å². The fraction of sp³-hybridized carbons (Fsp3) is 0.238. The van der Waals surface area contributed by atoms with E-state index in [1.807, 2.05) is 65.8 Å². The number of para-hydroxylation sites is 4. The van der Waals surface area contributed by atoms with Gasteiger partial charge in [0.15, 0.2) is 0 Å². The van der Waals surface area contributed by atoms with Crippen LogP contribution in [0.15, 0.2) is 183 Å². The summed E-state index contributed by atoms with van der Waals surface area (Å²) < 4.78 is 47.3. The van der Waals surface area contributed by atoms with Crippen LogP contribution in [0.5, 0.6) is 0 Å². The molecule has 6 heterocycles. The van der Waals surface area contributed by atoms with E-state index < -0.39 is 14.4 Å². The quantitative estimate of drug-likeness (QED) is 0.159. The Morgan fingerprint density at radius 1 is 0.400 bits per heavy atom. The second-order valence-electron chi connectivity index (χ2n) is 22.0. The topological polar surface area (TPSA) is 82.3 Å². The third-order valence-electron chi connectivity index (χ3n) is 15.7. The Morgan fingerprint density at radius 2 is 0.747 bits per heavy atom. The van der Waals surface area contributed by atoms with Crippen molar-refractivity contribution in [2.24, 2.45) is 0 Å². The molecule has 12 heteroatoms. The first kappa shape index (κ1) is 49.3. The largest absolute Gasteiger partial charge is 0.640 e. The van der Waals surface area contributed by atoms with Gasteiger partial charge in [0, 0.05) is 65.0 Å². The van der Waals surface area contributed by atoms with Crippen molar-refractivity contribution in [2.45, 2.75) is 97.7 Å². The number of nitrogens with zero attached hydrogens (tertiary/aromatic N) is 2. The van der Waals surface area contributed by atoms with Gasteiger partial charge in [-0.05, 0) is 160 Å². The van der Waals surface area contributed by atoms with E-state index in [2.05, 4.69) is 198 Å². The second-order valence-corrected chi connectivity index (χ2v) is 22.9. The number of furan rings is 2. The zero-order valence-electron chi connectivity index (χ0n) is 44.0. The van der Waals surface area contributed by atoms with Crippen LogP contribution in [0.25, 0.3) is 98.9 Å². The van der Waals surface area contributed by atoms with Gasteiger partial charge in [-0.2, -0.15) is 0 Å². The molecule has 0 N–H and O–H groups in total. The van der Waals surface area contributed by atoms with Crippen molar-refractivity contribution in [1.29, 1.82) is 0 Å². The molecule has 376 valence electrons. The van der Waals surface area contributed by atoms with Crippen LogP contribution >= 0.6 is 15.9 Å². The summed E-state index contributed by atoms with van der Waals surface area (Å²) in [5.74, 6) is 0. The van der Waals surface area contributed by atoms with Gasteiger partial charge < -0.3 is 41.2 Å². The molecule has 75 heavy (non-hydrogen) atoms. The lowest BCUT2D eigenvalue weighted by atomic mass is 9.78. The van der Waals surface area contributed by atoms with Gasteiger partial charge in [0.1, 0.15) is 22.3 Å². The van der Waals surface area contributed by atoms with Crippen LogP contribution in [0.4, 0.5) is 0 Å². The van der Waals surface area contributed by atoms with Gasteiger partial charge in [-0.3, -0.25) is 0 Å². The molecule has 0 atom stereocenters. The Hall–Kier alpha value is -6.63. The smallest absolute Gasteiger partial charge is 0.456 e. The monoisotopic (exact) mass is 1060 g/mol. The molecule has 4 aromatic heterocycles. The Balaban J connectivity index is 0.000000126. The average molecular weight is 1060 g/mol. The zero-order valence-corrected chi connectivity index (χ0v) is 45.6. The van der Waals surface area contributed by atoms with E-state index in [9.17, 15) is 0 Å². The van der Waals surface area contributed by atoms with Gasteiger partial charge in [-0.15, -0.1) is 0 Å². The molecule has 0 amide bonds. The van der Waals surface area contributed by atoms with E-state index >= 15 is 0 Å². The van der Waals surface area contributed by atoms with E-state index in [0.717, 1.165) is 65.2 Å². The van der Waals surface area contributed by atoms with Crippen molar-refractivity contribution in [3.8, 4) is 11.4 Å². The molecule has 0 aliphatic carbocycles. The van der Waals surface area contributed by atoms with Crippen molar-refractivity contribution in [1.82, 2.24) is 9.13 Å². The van der Waals surface area contributed by atoms with Crippen LogP contribution in [0.2, 0.25) is 0 Å². The Labute approximate surface area is 445 Å². The second kappa shape index (κ2) is 18.3. The van der Waals surface area contributed by atoms with Crippen LogP contribution in [0.1, 0.15) is 69.2 Å². The molecule has 0 unspecified atom stereocenters. The maximum atomic E-state index is 6.31. The van der Waals surface area contributed by atoms with Crippen molar-refractivity contribution in [2.75, 3.05) is 0 Å². The Bertz CT molecular complexity index is 4020. The van der Waals surface area contributed by atoms with Crippen molar-refractivity contribution in [3.63, 3.8) is 0 Å². The van der Waals surface area contributed by atoms with Crippen LogP contribution in [-0.4, -0.2) is 52.1 Å². The van der Waals surface area contributed by atoms with Gasteiger partial charge in [0.2, 0.25) is 0 Å². The lowest BCUT2D eigenvalue weighted by molar-refractivity contribution is 0.00578. The molecule has 2 fully saturated rings. The lowest BCUT2D eigenvalue weighted by Gasteiger charge is -2.32. The summed E-state index contributed by atoms with van der Waals surface area (Å²) >= 11 is 3.58. The van der Waals surface area contributed by atoms with E-state index in [0.29, 0.717) is 0 Å². The highest BCUT2D eigenvalue weighted by Crippen LogP contribution is 2.41. The molecular formula is C63H59B2BrN2O7. The summed E-state index contributed by atoms with van der Waals surface area (Å²) in [4.78, 5) is 0. The Morgan fingerprint density at radius 3 is 1.16 bits per heavy atom. The molecule has 0 saturated carbocycles. The molecule has 0 bridgehead atoms. The van der Waals surface area contributed by atoms with Crippen molar-refractivity contribution >= 4 is 123 Å². The molecule has 12 aromatic rings. The summed E-state index contributed by atoms with van der Waals surface area (Å²) in [5.41, 5.74) is 10.3. The summed E-state index contributed by atoms with van der Waals surface area (Å²) in [5, 5.41) is 9.45. The van der Waals surface area contributed by atoms with E-state index in [1.54, 1.807) is 0 Å². The zero-order chi connectivity index (χ0) is 52.2. The minimum absolute atomic E-state index is 0.120. The van der Waals surface area contributed by atoms with E-state index in [1.165, 1.54) is 43.6 Å². The van der Waals surface area contributed by atoms with Gasteiger partial charge in [-0.25, -0.2) is 0 Å². The lowest BCUT2D eigenvalue weighted by Crippen LogP contribution is -2.41. The minimum Gasteiger partial charge on any atom is -0.456 e. The summed E-state index contributed by atoms with van der Waals surface area (Å²) in [7, 11) is -0.931. The minimum atomic E-state index is -0.523. The molecular weight excluding hydrogens is 998 g/mol. The van der Waals surface area contributed by atoms with Gasteiger partial charge >= 0.3 is 14.4 Å². The molecule has 14 rings (SSSR count). The summed E-state index contributed by atoms with van der Waals surface area (Å²) in [6.45, 7) is 20.3. The summed E-state index contributed by atoms with van der Waals surface area (Å²) in [6.07, 6.45) is 0.120. The Kier molecular flexibility index (Phi) is 12.0. The normalized spacial score (nSPS) is 16.8. The number of hydrogen-bond donors (Lipinski definition) is 0. The van der Waals surface area contributed by atoms with Crippen LogP contribution in [-0.2, 0) is 23.3 Å². The molecule has 0 radical (unpaired) electrons. The predicted molar refractivity (Wildman–Crippen MR) is 312 cm³/mol. The molecule has 9 nitrogen and oxygen atoms in total. The third-order valence-corrected chi connectivity index (χ3v) is 16.2. The standard InChI is InChI=1S/C30H26BNO3.C24H14BrNO.C9H19BO3/c1-29(2)30(3,4)35-31(34-29)19-13-15-27-23(17-19)24-18-20(14-16-28(24)33-27)32-25-11-7-5-9-21(25)22-10-6-8-12-26(22)32;25-15-9-11-23-19(13-15)20-14-16(10-12-24(20)27-23)26-21-7-3-1-5-17(21)18-6-2-4-8-22(18)26;1-7(2)11-10-12-8(3,4)9(5,6)13-10/h5-18H,1-4H3;1-14H;7H,1-6H3. The third kappa shape index (κ3) is 8.56. The average Bonchev–Trinajstić information content (AvgIpc) is 4.20. The highest BCUT2D eigenvalue weighted by Gasteiger charge is 2.53. The van der Waals surface area contributed by atoms with Gasteiger partial charge in [0.05, 0.1) is 44.5 Å². The van der Waals surface area contributed by atoms with Gasteiger partial charge in [-0.1, -0.05) is 101 Å². The van der Waals surface area contributed by atoms with Crippen molar-refractivity contribution < 1.29 is 32.1 Å². The maximum absolute atomic E-state index is 6.31. The predicted octanol–water partition coefficient (Wildman–Crippen LogP) is 16.4. The van der Waals surface area contributed by atoms with Gasteiger partial charge in [0.25, 0.3) is 0 Å². The van der Waals surface area contributed by atoms with Crippen LogP contribution in [0, 0.1) is 0 Å². The number of benzene rings is 8. The van der Waals surface area contributed by atoms with Crippen LogP contribution < -0.4 is 5.46 Å².